The summed E-state index contributed by atoms with van der Waals surface area (Å²) in [6, 6.07) is 3.50. The van der Waals surface area contributed by atoms with Gasteiger partial charge in [0.1, 0.15) is 11.6 Å². The Kier molecular flexibility index (Phi) is 3.74. The molecular formula is C13H18F2N2. The second kappa shape index (κ2) is 5.10. The first-order valence-electron chi connectivity index (χ1n) is 6.03. The minimum absolute atomic E-state index is 0.0779. The van der Waals surface area contributed by atoms with E-state index in [0.29, 0.717) is 5.92 Å². The molecule has 17 heavy (non-hydrogen) atoms. The second-order valence-electron chi connectivity index (χ2n) is 4.96. The van der Waals surface area contributed by atoms with E-state index in [2.05, 4.69) is 12.3 Å². The molecule has 3 atom stereocenters. The van der Waals surface area contributed by atoms with Gasteiger partial charge in [0.25, 0.3) is 0 Å². The molecule has 1 aromatic rings. The summed E-state index contributed by atoms with van der Waals surface area (Å²) >= 11 is 0. The molecule has 1 fully saturated rings. The Hall–Kier alpha value is -1.00. The van der Waals surface area contributed by atoms with Crippen molar-refractivity contribution in [3.8, 4) is 0 Å². The molecule has 0 aromatic heterocycles. The maximum absolute atomic E-state index is 13.7. The van der Waals surface area contributed by atoms with E-state index in [0.717, 1.165) is 19.3 Å². The maximum Gasteiger partial charge on any atom is 0.130 e. The van der Waals surface area contributed by atoms with Crippen LogP contribution in [0, 0.1) is 23.5 Å². The summed E-state index contributed by atoms with van der Waals surface area (Å²) in [6.45, 7) is 2.16. The van der Waals surface area contributed by atoms with E-state index in [1.54, 1.807) is 0 Å². The minimum atomic E-state index is -0.521. The summed E-state index contributed by atoms with van der Waals surface area (Å²) in [5, 5.41) is 0. The molecule has 0 spiro atoms. The number of hydrogen-bond acceptors (Lipinski definition) is 2. The van der Waals surface area contributed by atoms with Gasteiger partial charge in [0.2, 0.25) is 0 Å². The Balaban J connectivity index is 2.29. The lowest BCUT2D eigenvalue weighted by Gasteiger charge is -2.24. The monoisotopic (exact) mass is 240 g/mol. The first-order valence-corrected chi connectivity index (χ1v) is 6.03. The average molecular weight is 240 g/mol. The van der Waals surface area contributed by atoms with Crippen molar-refractivity contribution < 1.29 is 8.78 Å². The highest BCUT2D eigenvalue weighted by atomic mass is 19.1. The van der Waals surface area contributed by atoms with Gasteiger partial charge in [-0.2, -0.15) is 0 Å². The largest absolute Gasteiger partial charge is 0.271 e. The number of nitrogens with one attached hydrogen (secondary N) is 1. The standard InChI is InChI=1S/C13H18F2N2/c1-8-5-6-9(7-8)13(17-16)12-10(14)3-2-4-11(12)15/h2-4,8-9,13,17H,5-7,16H2,1H3. The van der Waals surface area contributed by atoms with Crippen LogP contribution in [0.4, 0.5) is 8.78 Å². The third kappa shape index (κ3) is 2.48. The molecule has 1 aromatic carbocycles. The fourth-order valence-electron chi connectivity index (χ4n) is 2.82. The topological polar surface area (TPSA) is 38.0 Å². The molecule has 3 unspecified atom stereocenters. The summed E-state index contributed by atoms with van der Waals surface area (Å²) in [7, 11) is 0. The van der Waals surface area contributed by atoms with Gasteiger partial charge in [-0.15, -0.1) is 0 Å². The molecule has 0 heterocycles. The van der Waals surface area contributed by atoms with Gasteiger partial charge in [-0.1, -0.05) is 19.4 Å². The average Bonchev–Trinajstić information content (AvgIpc) is 2.70. The SMILES string of the molecule is CC1CCC(C(NN)c2c(F)cccc2F)C1. The van der Waals surface area contributed by atoms with Gasteiger partial charge < -0.3 is 0 Å². The third-order valence-corrected chi connectivity index (χ3v) is 3.70. The molecule has 2 rings (SSSR count). The Morgan fingerprint density at radius 2 is 1.94 bits per heavy atom. The molecule has 1 aliphatic carbocycles. The van der Waals surface area contributed by atoms with E-state index < -0.39 is 17.7 Å². The second-order valence-corrected chi connectivity index (χ2v) is 4.96. The number of hydrogen-bond donors (Lipinski definition) is 2. The first kappa shape index (κ1) is 12.5. The third-order valence-electron chi connectivity index (χ3n) is 3.70. The number of halogens is 2. The Labute approximate surface area is 100 Å². The van der Waals surface area contributed by atoms with E-state index in [9.17, 15) is 8.78 Å². The molecule has 4 heteroatoms. The van der Waals surface area contributed by atoms with Crippen LogP contribution in [0.1, 0.15) is 37.8 Å². The number of benzene rings is 1. The molecule has 0 saturated heterocycles. The van der Waals surface area contributed by atoms with Gasteiger partial charge >= 0.3 is 0 Å². The van der Waals surface area contributed by atoms with Gasteiger partial charge in [0.15, 0.2) is 0 Å². The fraction of sp³-hybridized carbons (Fsp3) is 0.538. The van der Waals surface area contributed by atoms with Crippen LogP contribution in [0.5, 0.6) is 0 Å². The van der Waals surface area contributed by atoms with Crippen LogP contribution in [0.3, 0.4) is 0 Å². The maximum atomic E-state index is 13.7. The summed E-state index contributed by atoms with van der Waals surface area (Å²) < 4.78 is 27.4. The summed E-state index contributed by atoms with van der Waals surface area (Å²) in [6.07, 6.45) is 3.02. The number of hydrazine groups is 1. The van der Waals surface area contributed by atoms with E-state index in [1.807, 2.05) is 0 Å². The minimum Gasteiger partial charge on any atom is -0.271 e. The van der Waals surface area contributed by atoms with E-state index in [4.69, 9.17) is 5.84 Å². The molecular weight excluding hydrogens is 222 g/mol. The van der Waals surface area contributed by atoms with Crippen LogP contribution in [-0.4, -0.2) is 0 Å². The predicted molar refractivity (Wildman–Crippen MR) is 62.9 cm³/mol. The molecule has 2 nitrogen and oxygen atoms in total. The smallest absolute Gasteiger partial charge is 0.130 e. The van der Waals surface area contributed by atoms with Crippen LogP contribution in [0.15, 0.2) is 18.2 Å². The zero-order chi connectivity index (χ0) is 12.4. The molecule has 94 valence electrons. The summed E-state index contributed by atoms with van der Waals surface area (Å²) in [5.41, 5.74) is 2.66. The van der Waals surface area contributed by atoms with E-state index in [-0.39, 0.29) is 11.5 Å². The number of nitrogens with two attached hydrogens (primary N) is 1. The van der Waals surface area contributed by atoms with E-state index in [1.165, 1.54) is 18.2 Å². The molecule has 0 aliphatic heterocycles. The van der Waals surface area contributed by atoms with Gasteiger partial charge in [-0.25, -0.2) is 8.78 Å². The van der Waals surface area contributed by atoms with Crippen LogP contribution < -0.4 is 11.3 Å². The van der Waals surface area contributed by atoms with Crippen LogP contribution in [0.2, 0.25) is 0 Å². The van der Waals surface area contributed by atoms with Gasteiger partial charge in [-0.05, 0) is 36.8 Å². The molecule has 1 aliphatic rings. The van der Waals surface area contributed by atoms with Crippen molar-refractivity contribution in [3.05, 3.63) is 35.4 Å². The Bertz CT molecular complexity index is 375. The van der Waals surface area contributed by atoms with E-state index >= 15 is 0 Å². The summed E-state index contributed by atoms with van der Waals surface area (Å²) in [5.74, 6) is 5.25. The Morgan fingerprint density at radius 3 is 2.41 bits per heavy atom. The first-order chi connectivity index (χ1) is 8.13. The quantitative estimate of drug-likeness (QED) is 0.629. The van der Waals surface area contributed by atoms with Crippen molar-refractivity contribution >= 4 is 0 Å². The highest BCUT2D eigenvalue weighted by molar-refractivity contribution is 5.24. The van der Waals surface area contributed by atoms with Crippen molar-refractivity contribution in [2.45, 2.75) is 32.2 Å². The molecule has 0 bridgehead atoms. The van der Waals surface area contributed by atoms with Gasteiger partial charge in [-0.3, -0.25) is 11.3 Å². The summed E-state index contributed by atoms with van der Waals surface area (Å²) in [4.78, 5) is 0. The van der Waals surface area contributed by atoms with Crippen molar-refractivity contribution in [1.29, 1.82) is 0 Å². The van der Waals surface area contributed by atoms with Crippen molar-refractivity contribution in [2.75, 3.05) is 0 Å². The highest BCUT2D eigenvalue weighted by Gasteiger charge is 2.32. The fourth-order valence-corrected chi connectivity index (χ4v) is 2.82. The highest BCUT2D eigenvalue weighted by Crippen LogP contribution is 2.39. The van der Waals surface area contributed by atoms with Crippen LogP contribution in [0.25, 0.3) is 0 Å². The van der Waals surface area contributed by atoms with Crippen molar-refractivity contribution in [2.24, 2.45) is 17.7 Å². The van der Waals surface area contributed by atoms with Gasteiger partial charge in [0.05, 0.1) is 6.04 Å². The lowest BCUT2D eigenvalue weighted by Crippen LogP contribution is -2.34. The number of rotatable bonds is 3. The molecule has 0 amide bonds. The Morgan fingerprint density at radius 1 is 1.29 bits per heavy atom. The zero-order valence-electron chi connectivity index (χ0n) is 9.92. The van der Waals surface area contributed by atoms with Crippen molar-refractivity contribution in [3.63, 3.8) is 0 Å². The molecule has 3 N–H and O–H groups in total. The van der Waals surface area contributed by atoms with Crippen LogP contribution in [-0.2, 0) is 0 Å². The lowest BCUT2D eigenvalue weighted by molar-refractivity contribution is 0.342. The molecule has 0 radical (unpaired) electrons. The normalized spacial score (nSPS) is 26.1. The van der Waals surface area contributed by atoms with Crippen LogP contribution >= 0.6 is 0 Å². The van der Waals surface area contributed by atoms with Crippen molar-refractivity contribution in [1.82, 2.24) is 5.43 Å². The lowest BCUT2D eigenvalue weighted by atomic mass is 9.91. The molecule has 1 saturated carbocycles. The predicted octanol–water partition coefficient (Wildman–Crippen LogP) is 2.91. The van der Waals surface area contributed by atoms with Gasteiger partial charge in [0, 0.05) is 5.56 Å². The zero-order valence-corrected chi connectivity index (χ0v) is 9.92.